The van der Waals surface area contributed by atoms with Gasteiger partial charge in [-0.25, -0.2) is 4.98 Å². The minimum absolute atomic E-state index is 0.562. The SMILES string of the molecule is CC(Sc1ncccc1Br)C(=O)NCC(F)(F)F. The molecule has 0 saturated heterocycles. The maximum absolute atomic E-state index is 11.9. The van der Waals surface area contributed by atoms with Crippen LogP contribution in [-0.4, -0.2) is 28.9 Å². The lowest BCUT2D eigenvalue weighted by Gasteiger charge is -2.13. The Morgan fingerprint density at radius 3 is 2.83 bits per heavy atom. The number of hydrogen-bond acceptors (Lipinski definition) is 3. The molecule has 1 N–H and O–H groups in total. The average molecular weight is 343 g/mol. The van der Waals surface area contributed by atoms with Crippen LogP contribution in [0.25, 0.3) is 0 Å². The summed E-state index contributed by atoms with van der Waals surface area (Å²) in [5, 5.41) is 1.74. The first kappa shape index (κ1) is 15.3. The van der Waals surface area contributed by atoms with Crippen LogP contribution in [-0.2, 0) is 4.79 Å². The van der Waals surface area contributed by atoms with Gasteiger partial charge in [-0.15, -0.1) is 0 Å². The molecule has 1 rings (SSSR count). The van der Waals surface area contributed by atoms with Gasteiger partial charge in [-0.2, -0.15) is 13.2 Å². The molecule has 0 radical (unpaired) electrons. The predicted molar refractivity (Wildman–Crippen MR) is 66.3 cm³/mol. The number of carbonyl (C=O) groups excluding carboxylic acids is 1. The third-order valence-corrected chi connectivity index (χ3v) is 3.86. The topological polar surface area (TPSA) is 42.0 Å². The van der Waals surface area contributed by atoms with Crippen molar-refractivity contribution in [2.24, 2.45) is 0 Å². The molecule has 8 heteroatoms. The third kappa shape index (κ3) is 5.26. The Kier molecular flexibility index (Phi) is 5.46. The number of carbonyl (C=O) groups is 1. The molecule has 1 aromatic heterocycles. The number of nitrogens with one attached hydrogen (secondary N) is 1. The maximum Gasteiger partial charge on any atom is 0.405 e. The summed E-state index contributed by atoms with van der Waals surface area (Å²) in [5.74, 6) is -0.671. The molecule has 100 valence electrons. The summed E-state index contributed by atoms with van der Waals surface area (Å²) in [5.41, 5.74) is 0. The van der Waals surface area contributed by atoms with Crippen LogP contribution < -0.4 is 5.32 Å². The van der Waals surface area contributed by atoms with Crippen LogP contribution in [0.2, 0.25) is 0 Å². The number of thioether (sulfide) groups is 1. The Bertz CT molecular complexity index is 428. The quantitative estimate of drug-likeness (QED) is 0.855. The van der Waals surface area contributed by atoms with E-state index in [2.05, 4.69) is 20.9 Å². The fourth-order valence-corrected chi connectivity index (χ4v) is 2.37. The first-order chi connectivity index (χ1) is 8.29. The molecule has 0 fully saturated rings. The largest absolute Gasteiger partial charge is 0.405 e. The molecule has 1 unspecified atom stereocenters. The van der Waals surface area contributed by atoms with Gasteiger partial charge in [-0.3, -0.25) is 4.79 Å². The van der Waals surface area contributed by atoms with Crippen molar-refractivity contribution in [3.05, 3.63) is 22.8 Å². The Labute approximate surface area is 115 Å². The molecule has 1 atom stereocenters. The second kappa shape index (κ2) is 6.42. The first-order valence-electron chi connectivity index (χ1n) is 4.91. The Balaban J connectivity index is 2.53. The van der Waals surface area contributed by atoms with Gasteiger partial charge in [0.05, 0.1) is 5.25 Å². The molecule has 1 aromatic rings. The minimum atomic E-state index is -4.40. The molecule has 3 nitrogen and oxygen atoms in total. The van der Waals surface area contributed by atoms with Gasteiger partial charge in [-0.05, 0) is 35.0 Å². The molecule has 0 aliphatic rings. The van der Waals surface area contributed by atoms with Gasteiger partial charge >= 0.3 is 6.18 Å². The second-order valence-electron chi connectivity index (χ2n) is 3.38. The van der Waals surface area contributed by atoms with Gasteiger partial charge in [0.1, 0.15) is 11.6 Å². The second-order valence-corrected chi connectivity index (χ2v) is 5.57. The van der Waals surface area contributed by atoms with Gasteiger partial charge in [0, 0.05) is 10.7 Å². The van der Waals surface area contributed by atoms with Crippen molar-refractivity contribution in [3.63, 3.8) is 0 Å². The van der Waals surface area contributed by atoms with Gasteiger partial charge < -0.3 is 5.32 Å². The van der Waals surface area contributed by atoms with Crippen LogP contribution in [0.3, 0.4) is 0 Å². The van der Waals surface area contributed by atoms with Crippen molar-refractivity contribution in [1.82, 2.24) is 10.3 Å². The van der Waals surface area contributed by atoms with Crippen LogP contribution in [0, 0.1) is 0 Å². The van der Waals surface area contributed by atoms with Crippen LogP contribution in [0.15, 0.2) is 27.8 Å². The highest BCUT2D eigenvalue weighted by Gasteiger charge is 2.29. The van der Waals surface area contributed by atoms with E-state index in [0.29, 0.717) is 9.50 Å². The summed E-state index contributed by atoms with van der Waals surface area (Å²) < 4.78 is 36.5. The normalized spacial score (nSPS) is 13.2. The van der Waals surface area contributed by atoms with Crippen molar-refractivity contribution in [2.75, 3.05) is 6.54 Å². The van der Waals surface area contributed by atoms with Crippen molar-refractivity contribution in [3.8, 4) is 0 Å². The third-order valence-electron chi connectivity index (χ3n) is 1.85. The Morgan fingerprint density at radius 1 is 1.61 bits per heavy atom. The van der Waals surface area contributed by atoms with Crippen molar-refractivity contribution < 1.29 is 18.0 Å². The van der Waals surface area contributed by atoms with E-state index >= 15 is 0 Å². The number of rotatable bonds is 4. The number of amides is 1. The molecule has 0 saturated carbocycles. The number of halogens is 4. The molecule has 18 heavy (non-hydrogen) atoms. The molecule has 0 spiro atoms. The zero-order valence-corrected chi connectivity index (χ0v) is 11.7. The van der Waals surface area contributed by atoms with E-state index in [1.54, 1.807) is 18.3 Å². The molecular weight excluding hydrogens is 333 g/mol. The monoisotopic (exact) mass is 342 g/mol. The predicted octanol–water partition coefficient (Wildman–Crippen LogP) is 3.00. The van der Waals surface area contributed by atoms with E-state index in [1.807, 2.05) is 5.32 Å². The van der Waals surface area contributed by atoms with Crippen LogP contribution in [0.4, 0.5) is 13.2 Å². The van der Waals surface area contributed by atoms with E-state index in [0.717, 1.165) is 11.8 Å². The first-order valence-corrected chi connectivity index (χ1v) is 6.58. The fraction of sp³-hybridized carbons (Fsp3) is 0.400. The zero-order valence-electron chi connectivity index (χ0n) is 9.29. The zero-order chi connectivity index (χ0) is 13.8. The van der Waals surface area contributed by atoms with Gasteiger partial charge in [-0.1, -0.05) is 11.8 Å². The lowest BCUT2D eigenvalue weighted by Crippen LogP contribution is -2.38. The highest BCUT2D eigenvalue weighted by Crippen LogP contribution is 2.28. The summed E-state index contributed by atoms with van der Waals surface area (Å²) >= 11 is 4.34. The standard InChI is InChI=1S/C10H10BrF3N2OS/c1-6(8(17)16-5-10(12,13)14)18-9-7(11)3-2-4-15-9/h2-4,6H,5H2,1H3,(H,16,17). The van der Waals surface area contributed by atoms with Gasteiger partial charge in [0.25, 0.3) is 0 Å². The molecule has 0 aliphatic heterocycles. The minimum Gasteiger partial charge on any atom is -0.346 e. The maximum atomic E-state index is 11.9. The molecule has 0 aliphatic carbocycles. The number of pyridine rings is 1. The molecule has 0 bridgehead atoms. The van der Waals surface area contributed by atoms with Gasteiger partial charge in [0.2, 0.25) is 5.91 Å². The Morgan fingerprint density at radius 2 is 2.28 bits per heavy atom. The van der Waals surface area contributed by atoms with Crippen molar-refractivity contribution in [2.45, 2.75) is 23.4 Å². The summed E-state index contributed by atoms with van der Waals surface area (Å²) in [7, 11) is 0. The lowest BCUT2D eigenvalue weighted by molar-refractivity contribution is -0.137. The van der Waals surface area contributed by atoms with Gasteiger partial charge in [0.15, 0.2) is 0 Å². The molecule has 1 heterocycles. The summed E-state index contributed by atoms with van der Waals surface area (Å²) in [6.45, 7) is 0.206. The molecule has 1 amide bonds. The number of alkyl halides is 3. The van der Waals surface area contributed by atoms with E-state index in [-0.39, 0.29) is 0 Å². The lowest BCUT2D eigenvalue weighted by atomic mass is 10.4. The van der Waals surface area contributed by atoms with Crippen LogP contribution in [0.5, 0.6) is 0 Å². The summed E-state index contributed by atoms with van der Waals surface area (Å²) in [4.78, 5) is 15.5. The van der Waals surface area contributed by atoms with E-state index in [1.165, 1.54) is 6.92 Å². The number of nitrogens with zero attached hydrogens (tertiary/aromatic N) is 1. The fourth-order valence-electron chi connectivity index (χ4n) is 1.01. The smallest absolute Gasteiger partial charge is 0.346 e. The van der Waals surface area contributed by atoms with Crippen molar-refractivity contribution in [1.29, 1.82) is 0 Å². The average Bonchev–Trinajstić information content (AvgIpc) is 2.28. The summed E-state index contributed by atoms with van der Waals surface area (Å²) in [6, 6.07) is 3.46. The number of hydrogen-bond donors (Lipinski definition) is 1. The molecule has 0 aromatic carbocycles. The summed E-state index contributed by atoms with van der Waals surface area (Å²) in [6.07, 6.45) is -2.85. The Hall–Kier alpha value is -0.760. The highest BCUT2D eigenvalue weighted by atomic mass is 79.9. The highest BCUT2D eigenvalue weighted by molar-refractivity contribution is 9.10. The van der Waals surface area contributed by atoms with Crippen LogP contribution >= 0.6 is 27.7 Å². The van der Waals surface area contributed by atoms with E-state index in [4.69, 9.17) is 0 Å². The van der Waals surface area contributed by atoms with E-state index in [9.17, 15) is 18.0 Å². The number of aromatic nitrogens is 1. The van der Waals surface area contributed by atoms with E-state index < -0.39 is 23.9 Å². The van der Waals surface area contributed by atoms with Crippen molar-refractivity contribution >= 4 is 33.6 Å². The van der Waals surface area contributed by atoms with Crippen LogP contribution in [0.1, 0.15) is 6.92 Å². The molecular formula is C10H10BrF3N2OS.